The summed E-state index contributed by atoms with van der Waals surface area (Å²) >= 11 is 3.47. The number of anilines is 1. The average molecular weight is 256 g/mol. The van der Waals surface area contributed by atoms with Gasteiger partial charge in [0.25, 0.3) is 0 Å². The van der Waals surface area contributed by atoms with Gasteiger partial charge >= 0.3 is 0 Å². The molecule has 0 aromatic heterocycles. The molecular formula is C11H14BrNO. The van der Waals surface area contributed by atoms with Crippen LogP contribution < -0.4 is 4.90 Å². The van der Waals surface area contributed by atoms with Crippen LogP contribution in [0.3, 0.4) is 0 Å². The molecule has 1 aromatic rings. The van der Waals surface area contributed by atoms with E-state index < -0.39 is 0 Å². The van der Waals surface area contributed by atoms with Crippen molar-refractivity contribution in [3.05, 3.63) is 28.2 Å². The fraction of sp³-hybridized carbons (Fsp3) is 0.364. The van der Waals surface area contributed by atoms with Gasteiger partial charge in [0.15, 0.2) is 0 Å². The Kier molecular flexibility index (Phi) is 3.69. The first-order valence-electron chi connectivity index (χ1n) is 4.59. The third-order valence-electron chi connectivity index (χ3n) is 2.27. The van der Waals surface area contributed by atoms with Gasteiger partial charge in [-0.25, -0.2) is 0 Å². The van der Waals surface area contributed by atoms with Gasteiger partial charge in [0.1, 0.15) is 0 Å². The van der Waals surface area contributed by atoms with Crippen LogP contribution in [0.4, 0.5) is 5.69 Å². The molecule has 0 atom stereocenters. The van der Waals surface area contributed by atoms with Gasteiger partial charge in [0.05, 0.1) is 0 Å². The van der Waals surface area contributed by atoms with Crippen molar-refractivity contribution >= 4 is 27.5 Å². The summed E-state index contributed by atoms with van der Waals surface area (Å²) in [5, 5.41) is 0. The number of amides is 1. The minimum atomic E-state index is 0.0503. The molecule has 0 aliphatic heterocycles. The van der Waals surface area contributed by atoms with Crippen molar-refractivity contribution in [2.45, 2.75) is 20.3 Å². The van der Waals surface area contributed by atoms with E-state index in [4.69, 9.17) is 0 Å². The van der Waals surface area contributed by atoms with Gasteiger partial charge in [-0.2, -0.15) is 0 Å². The number of carbonyl (C=O) groups is 1. The van der Waals surface area contributed by atoms with E-state index in [0.717, 1.165) is 16.6 Å². The zero-order chi connectivity index (χ0) is 10.7. The van der Waals surface area contributed by atoms with Gasteiger partial charge in [0.2, 0.25) is 5.91 Å². The number of halogens is 1. The van der Waals surface area contributed by atoms with E-state index in [1.165, 1.54) is 5.56 Å². The van der Waals surface area contributed by atoms with E-state index in [-0.39, 0.29) is 5.91 Å². The summed E-state index contributed by atoms with van der Waals surface area (Å²) in [6, 6.07) is 5.95. The number of rotatable bonds is 2. The van der Waals surface area contributed by atoms with Crippen LogP contribution in [0.25, 0.3) is 0 Å². The van der Waals surface area contributed by atoms with Crippen LogP contribution in [0.15, 0.2) is 22.7 Å². The van der Waals surface area contributed by atoms with Crippen molar-refractivity contribution in [2.75, 3.05) is 11.9 Å². The normalized spacial score (nSPS) is 10.0. The molecule has 0 saturated carbocycles. The van der Waals surface area contributed by atoms with Crippen molar-refractivity contribution in [3.63, 3.8) is 0 Å². The Balaban J connectivity index is 3.06. The summed E-state index contributed by atoms with van der Waals surface area (Å²) in [7, 11) is 1.78. The van der Waals surface area contributed by atoms with E-state index in [0.29, 0.717) is 0 Å². The summed E-state index contributed by atoms with van der Waals surface area (Å²) in [6.07, 6.45) is 0.959. The Labute approximate surface area is 93.0 Å². The Morgan fingerprint density at radius 1 is 1.50 bits per heavy atom. The van der Waals surface area contributed by atoms with E-state index in [2.05, 4.69) is 22.9 Å². The molecule has 0 heterocycles. The molecule has 1 amide bonds. The average Bonchev–Trinajstić information content (AvgIpc) is 2.17. The third-order valence-corrected chi connectivity index (χ3v) is 3.04. The number of hydrogen-bond acceptors (Lipinski definition) is 1. The highest BCUT2D eigenvalue weighted by molar-refractivity contribution is 9.10. The largest absolute Gasteiger partial charge is 0.316 e. The molecule has 76 valence electrons. The molecule has 1 aromatic carbocycles. The van der Waals surface area contributed by atoms with E-state index in [1.54, 1.807) is 18.9 Å². The SMILES string of the molecule is CCc1cc(N(C)C(C)=O)ccc1Br. The highest BCUT2D eigenvalue weighted by Crippen LogP contribution is 2.23. The summed E-state index contributed by atoms with van der Waals surface area (Å²) in [6.45, 7) is 3.66. The fourth-order valence-corrected chi connectivity index (χ4v) is 1.75. The van der Waals surface area contributed by atoms with Gasteiger partial charge in [-0.05, 0) is 30.2 Å². The van der Waals surface area contributed by atoms with Crippen LogP contribution in [0.1, 0.15) is 19.4 Å². The molecule has 0 bridgehead atoms. The first-order chi connectivity index (χ1) is 6.56. The predicted octanol–water partition coefficient (Wildman–Crippen LogP) is 2.99. The zero-order valence-corrected chi connectivity index (χ0v) is 10.3. The zero-order valence-electron chi connectivity index (χ0n) is 8.67. The Morgan fingerprint density at radius 2 is 2.14 bits per heavy atom. The van der Waals surface area contributed by atoms with Crippen LogP contribution in [0.5, 0.6) is 0 Å². The monoisotopic (exact) mass is 255 g/mol. The molecule has 0 unspecified atom stereocenters. The third kappa shape index (κ3) is 2.35. The molecule has 14 heavy (non-hydrogen) atoms. The molecule has 3 heteroatoms. The molecule has 0 N–H and O–H groups in total. The van der Waals surface area contributed by atoms with Crippen LogP contribution in [-0.4, -0.2) is 13.0 Å². The topological polar surface area (TPSA) is 20.3 Å². The number of carbonyl (C=O) groups excluding carboxylic acids is 1. The first kappa shape index (κ1) is 11.2. The highest BCUT2D eigenvalue weighted by atomic mass is 79.9. The second-order valence-electron chi connectivity index (χ2n) is 3.21. The molecule has 0 saturated heterocycles. The van der Waals surface area contributed by atoms with Crippen LogP contribution in [0, 0.1) is 0 Å². The maximum Gasteiger partial charge on any atom is 0.223 e. The lowest BCUT2D eigenvalue weighted by molar-refractivity contribution is -0.116. The van der Waals surface area contributed by atoms with Crippen molar-refractivity contribution in [3.8, 4) is 0 Å². The molecule has 0 aliphatic rings. The molecular weight excluding hydrogens is 242 g/mol. The molecule has 0 fully saturated rings. The number of benzene rings is 1. The lowest BCUT2D eigenvalue weighted by atomic mass is 10.1. The number of hydrogen-bond donors (Lipinski definition) is 0. The van der Waals surface area contributed by atoms with Gasteiger partial charge < -0.3 is 4.90 Å². The van der Waals surface area contributed by atoms with Gasteiger partial charge in [-0.1, -0.05) is 22.9 Å². The fourth-order valence-electron chi connectivity index (χ4n) is 1.22. The first-order valence-corrected chi connectivity index (χ1v) is 5.38. The van der Waals surface area contributed by atoms with E-state index in [9.17, 15) is 4.79 Å². The van der Waals surface area contributed by atoms with Crippen LogP contribution in [-0.2, 0) is 11.2 Å². The lowest BCUT2D eigenvalue weighted by Crippen LogP contribution is -2.22. The minimum absolute atomic E-state index is 0.0503. The minimum Gasteiger partial charge on any atom is -0.316 e. The van der Waals surface area contributed by atoms with Crippen molar-refractivity contribution in [1.82, 2.24) is 0 Å². The number of nitrogens with zero attached hydrogens (tertiary/aromatic N) is 1. The maximum absolute atomic E-state index is 11.1. The molecule has 2 nitrogen and oxygen atoms in total. The summed E-state index contributed by atoms with van der Waals surface area (Å²) in [4.78, 5) is 12.8. The molecule has 0 radical (unpaired) electrons. The predicted molar refractivity (Wildman–Crippen MR) is 62.6 cm³/mol. The quantitative estimate of drug-likeness (QED) is 0.796. The molecule has 1 rings (SSSR count). The van der Waals surface area contributed by atoms with Crippen molar-refractivity contribution in [2.24, 2.45) is 0 Å². The maximum atomic E-state index is 11.1. The van der Waals surface area contributed by atoms with Crippen molar-refractivity contribution < 1.29 is 4.79 Å². The Morgan fingerprint density at radius 3 is 2.64 bits per heavy atom. The molecule has 0 spiro atoms. The Hall–Kier alpha value is -0.830. The van der Waals surface area contributed by atoms with Gasteiger partial charge in [-0.15, -0.1) is 0 Å². The molecule has 0 aliphatic carbocycles. The second kappa shape index (κ2) is 4.60. The summed E-state index contributed by atoms with van der Waals surface area (Å²) in [5.74, 6) is 0.0503. The smallest absolute Gasteiger partial charge is 0.223 e. The lowest BCUT2D eigenvalue weighted by Gasteiger charge is -2.16. The van der Waals surface area contributed by atoms with Crippen LogP contribution in [0.2, 0.25) is 0 Å². The van der Waals surface area contributed by atoms with E-state index in [1.807, 2.05) is 18.2 Å². The summed E-state index contributed by atoms with van der Waals surface area (Å²) < 4.78 is 1.10. The highest BCUT2D eigenvalue weighted by Gasteiger charge is 2.07. The summed E-state index contributed by atoms with van der Waals surface area (Å²) in [5.41, 5.74) is 2.16. The van der Waals surface area contributed by atoms with Gasteiger partial charge in [0, 0.05) is 24.1 Å². The standard InChI is InChI=1S/C11H14BrNO/c1-4-9-7-10(5-6-11(9)12)13(3)8(2)14/h5-7H,4H2,1-3H3. The van der Waals surface area contributed by atoms with Crippen molar-refractivity contribution in [1.29, 1.82) is 0 Å². The van der Waals surface area contributed by atoms with E-state index >= 15 is 0 Å². The Bertz CT molecular complexity index is 349. The van der Waals surface area contributed by atoms with Crippen LogP contribution >= 0.6 is 15.9 Å². The number of aryl methyl sites for hydroxylation is 1. The second-order valence-corrected chi connectivity index (χ2v) is 4.06. The van der Waals surface area contributed by atoms with Gasteiger partial charge in [-0.3, -0.25) is 4.79 Å².